The van der Waals surface area contributed by atoms with Crippen LogP contribution in [0.3, 0.4) is 0 Å². The van der Waals surface area contributed by atoms with Crippen LogP contribution < -0.4 is 4.89 Å². The minimum atomic E-state index is -4.65. The molecule has 0 aliphatic carbocycles. The maximum absolute atomic E-state index is 12.7. The normalized spacial score (nSPS) is 14.7. The molecule has 0 amide bonds. The molecule has 0 aromatic carbocycles. The van der Waals surface area contributed by atoms with Gasteiger partial charge in [-0.1, -0.05) is 189 Å². The van der Waals surface area contributed by atoms with Gasteiger partial charge in [-0.25, -0.2) is 0 Å². The van der Waals surface area contributed by atoms with Gasteiger partial charge in [0.05, 0.1) is 33.9 Å². The van der Waals surface area contributed by atoms with Crippen molar-refractivity contribution in [3.63, 3.8) is 0 Å². The number of phosphoric acid groups is 1. The standard InChI is InChI=1S/C50H88NO9P/c1-6-8-10-11-12-13-14-15-16-17-18-21-25-28-31-34-38-42-50(54)60-48(46-59-61(55,56)58-44-43-51(3,4)5)45-57-49(53)41-37-33-30-27-24-22-19-20-23-26-29-32-36-40-47(52)39-35-9-7-2/h9,20,22-24,29-30,32-33,35-36,40,47-48,52H,6-8,10-19,21,25-28,31,34,37-39,41-46H2,1-5H3/b23-20-,24-22-,32-29+,33-30-,35-9-,40-36+/t47?,48-/m1/s1. The lowest BCUT2D eigenvalue weighted by Crippen LogP contribution is -2.37. The number of esters is 2. The minimum absolute atomic E-state index is 0.0506. The van der Waals surface area contributed by atoms with Gasteiger partial charge < -0.3 is 33.0 Å². The van der Waals surface area contributed by atoms with Gasteiger partial charge >= 0.3 is 11.9 Å². The van der Waals surface area contributed by atoms with Crippen LogP contribution in [0, 0.1) is 0 Å². The molecule has 0 aromatic rings. The van der Waals surface area contributed by atoms with Gasteiger partial charge in [0, 0.05) is 12.8 Å². The second kappa shape index (κ2) is 41.4. The van der Waals surface area contributed by atoms with Crippen LogP contribution in [0.1, 0.15) is 174 Å². The summed E-state index contributed by atoms with van der Waals surface area (Å²) in [5.74, 6) is -0.953. The van der Waals surface area contributed by atoms with Crippen molar-refractivity contribution in [2.45, 2.75) is 187 Å². The Kier molecular flexibility index (Phi) is 39.7. The van der Waals surface area contributed by atoms with Crippen molar-refractivity contribution in [3.8, 4) is 0 Å². The Morgan fingerprint density at radius 3 is 1.69 bits per heavy atom. The van der Waals surface area contributed by atoms with Crippen molar-refractivity contribution < 1.29 is 47.2 Å². The lowest BCUT2D eigenvalue weighted by Gasteiger charge is -2.28. The van der Waals surface area contributed by atoms with E-state index >= 15 is 0 Å². The molecule has 0 fully saturated rings. The van der Waals surface area contributed by atoms with Crippen molar-refractivity contribution in [2.75, 3.05) is 47.5 Å². The summed E-state index contributed by atoms with van der Waals surface area (Å²) in [6, 6.07) is 0. The van der Waals surface area contributed by atoms with E-state index in [1.54, 1.807) is 6.08 Å². The fraction of sp³-hybridized carbons (Fsp3) is 0.720. The molecule has 0 aliphatic heterocycles. The third-order valence-corrected chi connectivity index (χ3v) is 10.8. The molecule has 0 rings (SSSR count). The van der Waals surface area contributed by atoms with E-state index in [-0.39, 0.29) is 26.1 Å². The quantitative estimate of drug-likeness (QED) is 0.0159. The third-order valence-electron chi connectivity index (χ3n) is 9.83. The van der Waals surface area contributed by atoms with Gasteiger partial charge in [0.1, 0.15) is 19.8 Å². The third kappa shape index (κ3) is 45.3. The molecule has 0 heterocycles. The minimum Gasteiger partial charge on any atom is -0.756 e. The number of carbonyl (C=O) groups is 2. The number of nitrogens with zero attached hydrogens (tertiary/aromatic N) is 1. The summed E-state index contributed by atoms with van der Waals surface area (Å²) in [5, 5.41) is 9.85. The van der Waals surface area contributed by atoms with Crippen molar-refractivity contribution in [1.29, 1.82) is 0 Å². The van der Waals surface area contributed by atoms with E-state index in [1.807, 2.05) is 57.6 Å². The van der Waals surface area contributed by atoms with E-state index in [0.29, 0.717) is 30.3 Å². The first-order valence-corrected chi connectivity index (χ1v) is 25.2. The summed E-state index contributed by atoms with van der Waals surface area (Å²) in [6.45, 7) is 3.93. The van der Waals surface area contributed by atoms with E-state index in [1.165, 1.54) is 83.5 Å². The maximum Gasteiger partial charge on any atom is 0.306 e. The highest BCUT2D eigenvalue weighted by Gasteiger charge is 2.21. The summed E-state index contributed by atoms with van der Waals surface area (Å²) < 4.78 is 33.9. The summed E-state index contributed by atoms with van der Waals surface area (Å²) >= 11 is 0. The first kappa shape index (κ1) is 58.4. The number of ether oxygens (including phenoxy) is 2. The molecule has 10 nitrogen and oxygen atoms in total. The Balaban J connectivity index is 4.46. The molecule has 3 atom stereocenters. The summed E-state index contributed by atoms with van der Waals surface area (Å²) in [5.41, 5.74) is 0. The molecule has 2 unspecified atom stereocenters. The van der Waals surface area contributed by atoms with Crippen LogP contribution in [0.2, 0.25) is 0 Å². The maximum atomic E-state index is 12.7. The zero-order chi connectivity index (χ0) is 45.1. The van der Waals surface area contributed by atoms with Crippen LogP contribution in [-0.2, 0) is 32.7 Å². The Morgan fingerprint density at radius 1 is 0.623 bits per heavy atom. The van der Waals surface area contributed by atoms with Crippen LogP contribution in [0.25, 0.3) is 0 Å². The Hall–Kier alpha value is -2.59. The highest BCUT2D eigenvalue weighted by Crippen LogP contribution is 2.38. The second-order valence-corrected chi connectivity index (χ2v) is 18.4. The number of unbranched alkanes of at least 4 members (excludes halogenated alkanes) is 16. The highest BCUT2D eigenvalue weighted by molar-refractivity contribution is 7.45. The number of allylic oxidation sites excluding steroid dienone is 10. The Morgan fingerprint density at radius 2 is 1.15 bits per heavy atom. The number of quaternary nitrogens is 1. The molecule has 0 aliphatic rings. The number of rotatable bonds is 42. The van der Waals surface area contributed by atoms with Gasteiger partial charge in [-0.15, -0.1) is 0 Å². The summed E-state index contributed by atoms with van der Waals surface area (Å²) in [4.78, 5) is 37.6. The largest absolute Gasteiger partial charge is 0.756 e. The van der Waals surface area contributed by atoms with Crippen LogP contribution >= 0.6 is 7.82 Å². The van der Waals surface area contributed by atoms with E-state index < -0.39 is 38.6 Å². The number of carbonyl (C=O) groups excluding carboxylic acids is 2. The molecule has 0 bridgehead atoms. The van der Waals surface area contributed by atoms with Crippen molar-refractivity contribution in [2.24, 2.45) is 0 Å². The first-order valence-electron chi connectivity index (χ1n) is 23.8. The van der Waals surface area contributed by atoms with Crippen LogP contribution in [0.15, 0.2) is 72.9 Å². The lowest BCUT2D eigenvalue weighted by atomic mass is 10.0. The second-order valence-electron chi connectivity index (χ2n) is 16.9. The number of aliphatic hydroxyl groups is 1. The molecular weight excluding hydrogens is 790 g/mol. The molecule has 0 saturated heterocycles. The van der Waals surface area contributed by atoms with E-state index in [0.717, 1.165) is 44.9 Å². The van der Waals surface area contributed by atoms with Crippen LogP contribution in [-0.4, -0.2) is 81.2 Å². The van der Waals surface area contributed by atoms with Crippen molar-refractivity contribution in [3.05, 3.63) is 72.9 Å². The lowest BCUT2D eigenvalue weighted by molar-refractivity contribution is -0.870. The molecule has 11 heteroatoms. The van der Waals surface area contributed by atoms with Gasteiger partial charge in [-0.2, -0.15) is 0 Å². The number of aliphatic hydroxyl groups excluding tert-OH is 1. The fourth-order valence-corrected chi connectivity index (χ4v) is 6.85. The zero-order valence-corrected chi connectivity index (χ0v) is 40.1. The zero-order valence-electron chi connectivity index (χ0n) is 39.2. The van der Waals surface area contributed by atoms with Gasteiger partial charge in [0.15, 0.2) is 6.10 Å². The SMILES string of the molecule is CC/C=C\CC(O)/C=C/C=C/C/C=C\C/C=C\C/C=C\CCC(=O)OC[C@H](COP(=O)([O-])OCC[N+](C)(C)C)OC(=O)CCCCCCCCCCCCCCCCCCC. The Bertz CT molecular complexity index is 1280. The first-order chi connectivity index (χ1) is 29.4. The molecule has 1 N–H and O–H groups in total. The van der Waals surface area contributed by atoms with Crippen LogP contribution in [0.5, 0.6) is 0 Å². The number of likely N-dealkylation sites (N-methyl/N-ethyl adjacent to an activating group) is 1. The van der Waals surface area contributed by atoms with Gasteiger partial charge in [0.25, 0.3) is 7.82 Å². The topological polar surface area (TPSA) is 131 Å². The van der Waals surface area contributed by atoms with Gasteiger partial charge in [-0.05, 0) is 44.9 Å². The average molecular weight is 878 g/mol. The number of hydrogen-bond donors (Lipinski definition) is 1. The Labute approximate surface area is 372 Å². The van der Waals surface area contributed by atoms with Gasteiger partial charge in [-0.3, -0.25) is 14.2 Å². The smallest absolute Gasteiger partial charge is 0.306 e. The molecule has 352 valence electrons. The van der Waals surface area contributed by atoms with E-state index in [4.69, 9.17) is 18.5 Å². The monoisotopic (exact) mass is 878 g/mol. The predicted molar refractivity (Wildman–Crippen MR) is 251 cm³/mol. The number of phosphoric ester groups is 1. The molecule has 0 spiro atoms. The van der Waals surface area contributed by atoms with E-state index in [9.17, 15) is 24.2 Å². The predicted octanol–water partition coefficient (Wildman–Crippen LogP) is 12.1. The number of hydrogen-bond acceptors (Lipinski definition) is 9. The molecular formula is C50H88NO9P. The van der Waals surface area contributed by atoms with Crippen molar-refractivity contribution >= 4 is 19.8 Å². The van der Waals surface area contributed by atoms with Crippen LogP contribution in [0.4, 0.5) is 0 Å². The molecule has 0 saturated carbocycles. The van der Waals surface area contributed by atoms with Crippen molar-refractivity contribution in [1.82, 2.24) is 0 Å². The fourth-order valence-electron chi connectivity index (χ4n) is 6.12. The average Bonchev–Trinajstić information content (AvgIpc) is 3.21. The molecule has 61 heavy (non-hydrogen) atoms. The van der Waals surface area contributed by atoms with E-state index in [2.05, 4.69) is 44.2 Å². The molecule has 0 radical (unpaired) electrons. The molecule has 0 aromatic heterocycles. The van der Waals surface area contributed by atoms with Gasteiger partial charge in [0.2, 0.25) is 0 Å². The highest BCUT2D eigenvalue weighted by atomic mass is 31.2. The summed E-state index contributed by atoms with van der Waals surface area (Å²) in [6.07, 6.45) is 48.4. The summed E-state index contributed by atoms with van der Waals surface area (Å²) in [7, 11) is 1.10.